The first-order valence-electron chi connectivity index (χ1n) is 6.29. The summed E-state index contributed by atoms with van der Waals surface area (Å²) in [5.74, 6) is -0.743. The van der Waals surface area contributed by atoms with Crippen LogP contribution in [0.1, 0.15) is 20.3 Å². The van der Waals surface area contributed by atoms with Crippen molar-refractivity contribution in [3.05, 3.63) is 0 Å². The van der Waals surface area contributed by atoms with Crippen LogP contribution < -0.4 is 5.32 Å². The van der Waals surface area contributed by atoms with E-state index in [1.807, 2.05) is 23.6 Å². The van der Waals surface area contributed by atoms with Crippen molar-refractivity contribution < 1.29 is 14.7 Å². The van der Waals surface area contributed by atoms with Crippen LogP contribution in [0.15, 0.2) is 0 Å². The van der Waals surface area contributed by atoms with Crippen LogP contribution >= 0.6 is 0 Å². The van der Waals surface area contributed by atoms with E-state index in [9.17, 15) is 9.59 Å². The second-order valence-electron chi connectivity index (χ2n) is 5.19. The summed E-state index contributed by atoms with van der Waals surface area (Å²) in [5.41, 5.74) is -0.567. The molecule has 0 radical (unpaired) electrons. The highest BCUT2D eigenvalue weighted by molar-refractivity contribution is 5.85. The summed E-state index contributed by atoms with van der Waals surface area (Å²) >= 11 is 0. The lowest BCUT2D eigenvalue weighted by atomic mass is 10.0. The fourth-order valence-corrected chi connectivity index (χ4v) is 2.03. The summed E-state index contributed by atoms with van der Waals surface area (Å²) in [4.78, 5) is 26.6. The van der Waals surface area contributed by atoms with Crippen molar-refractivity contribution in [2.75, 3.05) is 39.8 Å². The van der Waals surface area contributed by atoms with Crippen LogP contribution in [0.4, 0.5) is 0 Å². The van der Waals surface area contributed by atoms with E-state index in [-0.39, 0.29) is 12.5 Å². The maximum absolute atomic E-state index is 12.3. The fourth-order valence-electron chi connectivity index (χ4n) is 2.03. The summed E-state index contributed by atoms with van der Waals surface area (Å²) in [7, 11) is 1.77. The number of carboxylic acid groups (broad SMARTS) is 1. The van der Waals surface area contributed by atoms with Crippen LogP contribution in [0.3, 0.4) is 0 Å². The average molecular weight is 257 g/mol. The molecule has 0 aromatic rings. The zero-order valence-corrected chi connectivity index (χ0v) is 11.4. The minimum atomic E-state index is -0.815. The number of nitrogens with zero attached hydrogens (tertiary/aromatic N) is 2. The molecule has 0 aromatic carbocycles. The lowest BCUT2D eigenvalue weighted by molar-refractivity contribution is -0.138. The Kier molecular flexibility index (Phi) is 5.10. The zero-order valence-electron chi connectivity index (χ0n) is 11.4. The molecular weight excluding hydrogens is 234 g/mol. The van der Waals surface area contributed by atoms with E-state index < -0.39 is 11.5 Å². The first-order valence-corrected chi connectivity index (χ1v) is 6.29. The van der Waals surface area contributed by atoms with E-state index >= 15 is 0 Å². The number of hydrogen-bond donors (Lipinski definition) is 2. The van der Waals surface area contributed by atoms with Gasteiger partial charge in [0.15, 0.2) is 0 Å². The number of amides is 1. The maximum Gasteiger partial charge on any atom is 0.317 e. The molecule has 0 aromatic heterocycles. The standard InChI is InChI=1S/C12H23N3O3/c1-12(2,13-3)11(18)15-6-4-5-14(7-8-15)9-10(16)17/h13H,4-9H2,1-3H3,(H,16,17). The summed E-state index contributed by atoms with van der Waals surface area (Å²) in [6, 6.07) is 0. The van der Waals surface area contributed by atoms with Gasteiger partial charge in [-0.3, -0.25) is 14.5 Å². The third kappa shape index (κ3) is 3.96. The third-order valence-corrected chi connectivity index (χ3v) is 3.39. The van der Waals surface area contributed by atoms with Crippen LogP contribution in [0.5, 0.6) is 0 Å². The van der Waals surface area contributed by atoms with Gasteiger partial charge in [-0.15, -0.1) is 0 Å². The molecule has 18 heavy (non-hydrogen) atoms. The smallest absolute Gasteiger partial charge is 0.317 e. The predicted molar refractivity (Wildman–Crippen MR) is 68.4 cm³/mol. The maximum atomic E-state index is 12.3. The monoisotopic (exact) mass is 257 g/mol. The lowest BCUT2D eigenvalue weighted by Gasteiger charge is -2.31. The minimum absolute atomic E-state index is 0.0530. The van der Waals surface area contributed by atoms with Gasteiger partial charge in [-0.2, -0.15) is 0 Å². The molecule has 1 fully saturated rings. The highest BCUT2D eigenvalue weighted by Crippen LogP contribution is 2.11. The Balaban J connectivity index is 2.56. The molecule has 1 saturated heterocycles. The number of rotatable bonds is 4. The molecule has 1 aliphatic rings. The van der Waals surface area contributed by atoms with Crippen LogP contribution in [-0.4, -0.2) is 72.1 Å². The molecule has 0 saturated carbocycles. The number of carboxylic acids is 1. The Morgan fingerprint density at radius 2 is 1.89 bits per heavy atom. The Labute approximate surface area is 108 Å². The van der Waals surface area contributed by atoms with Crippen LogP contribution in [-0.2, 0) is 9.59 Å². The van der Waals surface area contributed by atoms with Crippen LogP contribution in [0.2, 0.25) is 0 Å². The van der Waals surface area contributed by atoms with Gasteiger partial charge in [0.05, 0.1) is 12.1 Å². The molecule has 6 heteroatoms. The fraction of sp³-hybridized carbons (Fsp3) is 0.833. The van der Waals surface area contributed by atoms with Crippen molar-refractivity contribution in [3.8, 4) is 0 Å². The SMILES string of the molecule is CNC(C)(C)C(=O)N1CCCN(CC(=O)O)CC1. The number of hydrogen-bond acceptors (Lipinski definition) is 4. The van der Waals surface area contributed by atoms with Gasteiger partial charge < -0.3 is 15.3 Å². The first kappa shape index (κ1) is 14.9. The molecule has 0 spiro atoms. The molecule has 1 heterocycles. The summed E-state index contributed by atoms with van der Waals surface area (Å²) < 4.78 is 0. The van der Waals surface area contributed by atoms with Crippen molar-refractivity contribution >= 4 is 11.9 Å². The van der Waals surface area contributed by atoms with Gasteiger partial charge in [-0.1, -0.05) is 0 Å². The molecular formula is C12H23N3O3. The van der Waals surface area contributed by atoms with E-state index in [2.05, 4.69) is 5.32 Å². The van der Waals surface area contributed by atoms with Crippen LogP contribution in [0.25, 0.3) is 0 Å². The molecule has 6 nitrogen and oxygen atoms in total. The summed E-state index contributed by atoms with van der Waals surface area (Å²) in [6.07, 6.45) is 0.818. The van der Waals surface area contributed by atoms with Crippen molar-refractivity contribution in [3.63, 3.8) is 0 Å². The highest BCUT2D eigenvalue weighted by Gasteiger charge is 2.31. The van der Waals surface area contributed by atoms with E-state index in [1.165, 1.54) is 0 Å². The van der Waals surface area contributed by atoms with Gasteiger partial charge in [0.2, 0.25) is 5.91 Å². The van der Waals surface area contributed by atoms with Gasteiger partial charge in [0.1, 0.15) is 0 Å². The molecule has 0 bridgehead atoms. The highest BCUT2D eigenvalue weighted by atomic mass is 16.4. The molecule has 0 atom stereocenters. The molecule has 1 aliphatic heterocycles. The van der Waals surface area contributed by atoms with Crippen molar-refractivity contribution in [2.24, 2.45) is 0 Å². The topological polar surface area (TPSA) is 72.9 Å². The van der Waals surface area contributed by atoms with E-state index in [0.717, 1.165) is 13.0 Å². The minimum Gasteiger partial charge on any atom is -0.480 e. The normalized spacial score (nSPS) is 18.5. The Morgan fingerprint density at radius 1 is 1.22 bits per heavy atom. The van der Waals surface area contributed by atoms with Gasteiger partial charge in [0, 0.05) is 26.2 Å². The number of likely N-dealkylation sites (N-methyl/N-ethyl adjacent to an activating group) is 1. The first-order chi connectivity index (χ1) is 8.36. The van der Waals surface area contributed by atoms with E-state index in [0.29, 0.717) is 19.6 Å². The van der Waals surface area contributed by atoms with Crippen molar-refractivity contribution in [1.29, 1.82) is 0 Å². The Hall–Kier alpha value is -1.14. The van der Waals surface area contributed by atoms with Gasteiger partial charge in [0.25, 0.3) is 0 Å². The average Bonchev–Trinajstić information content (AvgIpc) is 2.53. The summed E-state index contributed by atoms with van der Waals surface area (Å²) in [6.45, 7) is 6.41. The second-order valence-corrected chi connectivity index (χ2v) is 5.19. The van der Waals surface area contributed by atoms with Gasteiger partial charge >= 0.3 is 5.97 Å². The number of carbonyl (C=O) groups excluding carboxylic acids is 1. The van der Waals surface area contributed by atoms with E-state index in [4.69, 9.17) is 5.11 Å². The largest absolute Gasteiger partial charge is 0.480 e. The quantitative estimate of drug-likeness (QED) is 0.717. The molecule has 1 amide bonds. The lowest BCUT2D eigenvalue weighted by Crippen LogP contribution is -2.53. The third-order valence-electron chi connectivity index (χ3n) is 3.39. The number of aliphatic carboxylic acids is 1. The number of carbonyl (C=O) groups is 2. The Bertz CT molecular complexity index is 318. The van der Waals surface area contributed by atoms with Gasteiger partial charge in [-0.05, 0) is 27.3 Å². The molecule has 1 rings (SSSR count). The number of nitrogens with one attached hydrogen (secondary N) is 1. The Morgan fingerprint density at radius 3 is 2.44 bits per heavy atom. The van der Waals surface area contributed by atoms with Gasteiger partial charge in [-0.25, -0.2) is 0 Å². The van der Waals surface area contributed by atoms with Crippen LogP contribution in [0, 0.1) is 0 Å². The zero-order chi connectivity index (χ0) is 13.8. The van der Waals surface area contributed by atoms with Crippen molar-refractivity contribution in [1.82, 2.24) is 15.1 Å². The molecule has 2 N–H and O–H groups in total. The van der Waals surface area contributed by atoms with E-state index in [1.54, 1.807) is 7.05 Å². The van der Waals surface area contributed by atoms with Crippen molar-refractivity contribution in [2.45, 2.75) is 25.8 Å². The summed E-state index contributed by atoms with van der Waals surface area (Å²) in [5, 5.41) is 11.8. The predicted octanol–water partition coefficient (Wildman–Crippen LogP) is -0.397. The molecule has 0 unspecified atom stereocenters. The second kappa shape index (κ2) is 6.15. The molecule has 0 aliphatic carbocycles. The molecule has 104 valence electrons.